The smallest absolute Gasteiger partial charge is 0.259 e. The molecule has 0 spiro atoms. The Balaban J connectivity index is 1.83. The van der Waals surface area contributed by atoms with Gasteiger partial charge in [-0.15, -0.1) is 0 Å². The maximum Gasteiger partial charge on any atom is 0.259 e. The van der Waals surface area contributed by atoms with Crippen molar-refractivity contribution in [3.63, 3.8) is 0 Å². The van der Waals surface area contributed by atoms with Gasteiger partial charge in [-0.1, -0.05) is 12.1 Å². The minimum absolute atomic E-state index is 0.210. The standard InChI is InChI=1S/C18H20FN5O/c1-11-16(10-23(4)21-11)18(25)20-17-12(2)22-24(13(17)3)9-14-5-7-15(19)8-6-14/h5-8,10H,9H2,1-4H3,(H,20,25). The number of hydrogen-bond acceptors (Lipinski definition) is 3. The predicted octanol–water partition coefficient (Wildman–Crippen LogP) is 2.98. The Hall–Kier alpha value is -2.96. The summed E-state index contributed by atoms with van der Waals surface area (Å²) < 4.78 is 16.4. The highest BCUT2D eigenvalue weighted by atomic mass is 19.1. The van der Waals surface area contributed by atoms with Gasteiger partial charge in [0.1, 0.15) is 5.82 Å². The van der Waals surface area contributed by atoms with E-state index in [1.54, 1.807) is 41.7 Å². The van der Waals surface area contributed by atoms with Crippen LogP contribution in [0.1, 0.15) is 33.0 Å². The lowest BCUT2D eigenvalue weighted by Crippen LogP contribution is -2.14. The minimum Gasteiger partial charge on any atom is -0.319 e. The SMILES string of the molecule is Cc1nn(C)cc1C(=O)Nc1c(C)nn(Cc2ccc(F)cc2)c1C. The Labute approximate surface area is 145 Å². The number of anilines is 1. The Bertz CT molecular complexity index is 924. The number of nitrogens with zero attached hydrogens (tertiary/aromatic N) is 4. The fourth-order valence-corrected chi connectivity index (χ4v) is 2.80. The van der Waals surface area contributed by atoms with Gasteiger partial charge in [0.05, 0.1) is 34.9 Å². The average Bonchev–Trinajstić information content (AvgIpc) is 3.03. The van der Waals surface area contributed by atoms with Crippen molar-refractivity contribution in [1.82, 2.24) is 19.6 Å². The first-order chi connectivity index (χ1) is 11.8. The van der Waals surface area contributed by atoms with E-state index in [4.69, 9.17) is 0 Å². The zero-order chi connectivity index (χ0) is 18.1. The molecule has 130 valence electrons. The third kappa shape index (κ3) is 3.45. The average molecular weight is 341 g/mol. The minimum atomic E-state index is -0.267. The molecule has 2 aromatic heterocycles. The Kier molecular flexibility index (Phi) is 4.39. The third-order valence-electron chi connectivity index (χ3n) is 4.12. The van der Waals surface area contributed by atoms with Crippen LogP contribution in [0.3, 0.4) is 0 Å². The van der Waals surface area contributed by atoms with Crippen LogP contribution in [-0.2, 0) is 13.6 Å². The molecule has 0 saturated heterocycles. The molecule has 1 amide bonds. The first kappa shape index (κ1) is 16.9. The number of hydrogen-bond donors (Lipinski definition) is 1. The van der Waals surface area contributed by atoms with Crippen molar-refractivity contribution < 1.29 is 9.18 Å². The molecule has 0 saturated carbocycles. The third-order valence-corrected chi connectivity index (χ3v) is 4.12. The van der Waals surface area contributed by atoms with E-state index in [9.17, 15) is 9.18 Å². The van der Waals surface area contributed by atoms with Gasteiger partial charge < -0.3 is 5.32 Å². The van der Waals surface area contributed by atoms with Crippen LogP contribution >= 0.6 is 0 Å². The highest BCUT2D eigenvalue weighted by molar-refractivity contribution is 6.05. The summed E-state index contributed by atoms with van der Waals surface area (Å²) >= 11 is 0. The molecule has 0 aliphatic rings. The number of carbonyl (C=O) groups excluding carboxylic acids is 1. The van der Waals surface area contributed by atoms with Gasteiger partial charge in [-0.3, -0.25) is 14.2 Å². The quantitative estimate of drug-likeness (QED) is 0.793. The lowest BCUT2D eigenvalue weighted by Gasteiger charge is -2.07. The molecule has 0 radical (unpaired) electrons. The largest absolute Gasteiger partial charge is 0.319 e. The van der Waals surface area contributed by atoms with E-state index in [2.05, 4.69) is 15.5 Å². The van der Waals surface area contributed by atoms with Crippen LogP contribution in [0.15, 0.2) is 30.5 Å². The molecule has 2 heterocycles. The van der Waals surface area contributed by atoms with Crippen molar-refractivity contribution in [2.24, 2.45) is 7.05 Å². The summed E-state index contributed by atoms with van der Waals surface area (Å²) in [5.74, 6) is -0.477. The molecule has 3 rings (SSSR count). The molecular formula is C18H20FN5O. The van der Waals surface area contributed by atoms with Crippen LogP contribution in [0.2, 0.25) is 0 Å². The molecule has 0 bridgehead atoms. The van der Waals surface area contributed by atoms with Crippen LogP contribution < -0.4 is 5.32 Å². The topological polar surface area (TPSA) is 64.7 Å². The van der Waals surface area contributed by atoms with Crippen molar-refractivity contribution in [2.45, 2.75) is 27.3 Å². The predicted molar refractivity (Wildman–Crippen MR) is 93.1 cm³/mol. The number of carbonyl (C=O) groups is 1. The van der Waals surface area contributed by atoms with E-state index in [1.807, 2.05) is 13.8 Å². The molecule has 7 heteroatoms. The fraction of sp³-hybridized carbons (Fsp3) is 0.278. The number of benzene rings is 1. The van der Waals surface area contributed by atoms with Gasteiger partial charge in [0.2, 0.25) is 0 Å². The number of aromatic nitrogens is 4. The summed E-state index contributed by atoms with van der Waals surface area (Å²) in [6.07, 6.45) is 1.69. The zero-order valence-corrected chi connectivity index (χ0v) is 14.7. The van der Waals surface area contributed by atoms with Gasteiger partial charge in [-0.2, -0.15) is 10.2 Å². The van der Waals surface area contributed by atoms with Crippen molar-refractivity contribution in [1.29, 1.82) is 0 Å². The summed E-state index contributed by atoms with van der Waals surface area (Å²) in [4.78, 5) is 12.5. The van der Waals surface area contributed by atoms with Crippen molar-refractivity contribution in [3.8, 4) is 0 Å². The molecule has 1 N–H and O–H groups in total. The molecule has 1 aromatic carbocycles. The number of nitrogens with one attached hydrogen (secondary N) is 1. The summed E-state index contributed by atoms with van der Waals surface area (Å²) in [6.45, 7) is 6.05. The zero-order valence-electron chi connectivity index (χ0n) is 14.7. The second kappa shape index (κ2) is 6.51. The van der Waals surface area contributed by atoms with E-state index in [-0.39, 0.29) is 11.7 Å². The van der Waals surface area contributed by atoms with Gasteiger partial charge in [-0.05, 0) is 38.5 Å². The first-order valence-corrected chi connectivity index (χ1v) is 7.95. The Morgan fingerprint density at radius 2 is 1.80 bits per heavy atom. The first-order valence-electron chi connectivity index (χ1n) is 7.95. The number of amides is 1. The van der Waals surface area contributed by atoms with E-state index in [1.165, 1.54) is 12.1 Å². The van der Waals surface area contributed by atoms with Crippen LogP contribution in [0.25, 0.3) is 0 Å². The molecule has 0 aliphatic carbocycles. The highest BCUT2D eigenvalue weighted by Crippen LogP contribution is 2.22. The fourth-order valence-electron chi connectivity index (χ4n) is 2.80. The van der Waals surface area contributed by atoms with Gasteiger partial charge in [0.25, 0.3) is 5.91 Å². The monoisotopic (exact) mass is 341 g/mol. The second-order valence-corrected chi connectivity index (χ2v) is 6.09. The molecule has 25 heavy (non-hydrogen) atoms. The molecule has 0 fully saturated rings. The summed E-state index contributed by atoms with van der Waals surface area (Å²) in [7, 11) is 1.78. The second-order valence-electron chi connectivity index (χ2n) is 6.09. The Morgan fingerprint density at radius 1 is 1.12 bits per heavy atom. The molecule has 6 nitrogen and oxygen atoms in total. The maximum absolute atomic E-state index is 13.0. The molecular weight excluding hydrogens is 321 g/mol. The number of aryl methyl sites for hydroxylation is 3. The molecule has 3 aromatic rings. The van der Waals surface area contributed by atoms with E-state index >= 15 is 0 Å². The van der Waals surface area contributed by atoms with Crippen LogP contribution in [0.5, 0.6) is 0 Å². The molecule has 0 aliphatic heterocycles. The van der Waals surface area contributed by atoms with Gasteiger partial charge in [0.15, 0.2) is 0 Å². The van der Waals surface area contributed by atoms with Crippen molar-refractivity contribution >= 4 is 11.6 Å². The van der Waals surface area contributed by atoms with Gasteiger partial charge >= 0.3 is 0 Å². The van der Waals surface area contributed by atoms with Crippen molar-refractivity contribution in [2.75, 3.05) is 5.32 Å². The van der Waals surface area contributed by atoms with E-state index < -0.39 is 0 Å². The van der Waals surface area contributed by atoms with E-state index in [0.717, 1.165) is 17.0 Å². The number of rotatable bonds is 4. The maximum atomic E-state index is 13.0. The van der Waals surface area contributed by atoms with Crippen molar-refractivity contribution in [3.05, 3.63) is 64.5 Å². The van der Waals surface area contributed by atoms with Crippen LogP contribution in [-0.4, -0.2) is 25.5 Å². The van der Waals surface area contributed by atoms with Crippen LogP contribution in [0, 0.1) is 26.6 Å². The summed E-state index contributed by atoms with van der Waals surface area (Å²) in [5.41, 5.74) is 4.41. The molecule has 0 unspecified atom stereocenters. The molecule has 0 atom stereocenters. The van der Waals surface area contributed by atoms with Gasteiger partial charge in [-0.25, -0.2) is 4.39 Å². The normalized spacial score (nSPS) is 10.9. The summed E-state index contributed by atoms with van der Waals surface area (Å²) in [5, 5.41) is 11.6. The lowest BCUT2D eigenvalue weighted by molar-refractivity contribution is 0.102. The summed E-state index contributed by atoms with van der Waals surface area (Å²) in [6, 6.07) is 6.30. The Morgan fingerprint density at radius 3 is 2.40 bits per heavy atom. The highest BCUT2D eigenvalue weighted by Gasteiger charge is 2.18. The van der Waals surface area contributed by atoms with Gasteiger partial charge in [0, 0.05) is 13.2 Å². The van der Waals surface area contributed by atoms with E-state index in [0.29, 0.717) is 23.5 Å². The lowest BCUT2D eigenvalue weighted by atomic mass is 10.2. The van der Waals surface area contributed by atoms with Crippen LogP contribution in [0.4, 0.5) is 10.1 Å². The number of halogens is 1.